The van der Waals surface area contributed by atoms with E-state index in [1.165, 1.54) is 0 Å². The Labute approximate surface area is 149 Å². The number of carbonyl (C=O) groups excluding carboxylic acids is 1. The fraction of sp³-hybridized carbons (Fsp3) is 0.263. The highest BCUT2D eigenvalue weighted by molar-refractivity contribution is 5.86. The van der Waals surface area contributed by atoms with Gasteiger partial charge in [-0.3, -0.25) is 14.9 Å². The summed E-state index contributed by atoms with van der Waals surface area (Å²) in [6, 6.07) is 16.6. The third-order valence-corrected chi connectivity index (χ3v) is 5.18. The van der Waals surface area contributed by atoms with E-state index in [2.05, 4.69) is 0 Å². The average molecular weight is 351 g/mol. The molecule has 7 nitrogen and oxygen atoms in total. The lowest BCUT2D eigenvalue weighted by Gasteiger charge is -2.26. The fourth-order valence-electron chi connectivity index (χ4n) is 4.01. The molecule has 1 saturated carbocycles. The number of amides is 1. The minimum Gasteiger partial charge on any atom is -0.378 e. The van der Waals surface area contributed by atoms with Crippen LogP contribution in [-0.2, 0) is 10.4 Å². The number of hydrogen-bond donors (Lipinski definition) is 2. The molecule has 0 radical (unpaired) electrons. The molecule has 2 aromatic rings. The number of nitro groups is 1. The lowest BCUT2D eigenvalue weighted by atomic mass is 9.74. The van der Waals surface area contributed by atoms with Gasteiger partial charge in [-0.1, -0.05) is 60.7 Å². The van der Waals surface area contributed by atoms with Crippen LogP contribution in [0.15, 0.2) is 60.7 Å². The zero-order valence-electron chi connectivity index (χ0n) is 13.8. The summed E-state index contributed by atoms with van der Waals surface area (Å²) in [6.07, 6.45) is -0.443. The van der Waals surface area contributed by atoms with Crippen molar-refractivity contribution in [3.05, 3.63) is 81.9 Å². The third kappa shape index (κ3) is 2.43. The Morgan fingerprint density at radius 3 is 2.19 bits per heavy atom. The number of rotatable bonds is 4. The minimum absolute atomic E-state index is 0.279. The molecule has 26 heavy (non-hydrogen) atoms. The van der Waals surface area contributed by atoms with E-state index in [-0.39, 0.29) is 5.56 Å². The summed E-state index contributed by atoms with van der Waals surface area (Å²) < 4.78 is 0. The summed E-state index contributed by atoms with van der Waals surface area (Å²) >= 11 is 0. The van der Waals surface area contributed by atoms with E-state index < -0.39 is 40.2 Å². The van der Waals surface area contributed by atoms with Gasteiger partial charge < -0.3 is 10.8 Å². The van der Waals surface area contributed by atoms with Crippen molar-refractivity contribution >= 4 is 5.91 Å². The molecule has 0 aliphatic heterocycles. The van der Waals surface area contributed by atoms with Crippen LogP contribution in [0.1, 0.15) is 23.5 Å². The molecule has 1 amide bonds. The van der Waals surface area contributed by atoms with Crippen molar-refractivity contribution in [2.45, 2.75) is 24.0 Å². The van der Waals surface area contributed by atoms with Crippen molar-refractivity contribution in [1.82, 2.24) is 0 Å². The molecular formula is C19H17N3O4. The Kier molecular flexibility index (Phi) is 4.22. The molecule has 0 saturated heterocycles. The predicted molar refractivity (Wildman–Crippen MR) is 92.2 cm³/mol. The topological polar surface area (TPSA) is 130 Å². The van der Waals surface area contributed by atoms with E-state index in [1.807, 2.05) is 6.07 Å². The van der Waals surface area contributed by atoms with Crippen molar-refractivity contribution in [2.75, 3.05) is 0 Å². The van der Waals surface area contributed by atoms with Crippen LogP contribution in [0.5, 0.6) is 0 Å². The lowest BCUT2D eigenvalue weighted by molar-refractivity contribution is -0.547. The van der Waals surface area contributed by atoms with E-state index in [1.54, 1.807) is 60.7 Å². The first-order valence-electron chi connectivity index (χ1n) is 8.04. The number of carbonyl (C=O) groups is 1. The first kappa shape index (κ1) is 17.6. The molecule has 0 spiro atoms. The highest BCUT2D eigenvalue weighted by Crippen LogP contribution is 2.58. The monoisotopic (exact) mass is 351 g/mol. The summed E-state index contributed by atoms with van der Waals surface area (Å²) in [5.41, 5.74) is 2.33. The summed E-state index contributed by atoms with van der Waals surface area (Å²) in [5, 5.41) is 33.1. The van der Waals surface area contributed by atoms with Crippen molar-refractivity contribution in [3.8, 4) is 6.07 Å². The van der Waals surface area contributed by atoms with Gasteiger partial charge in [-0.15, -0.1) is 0 Å². The zero-order valence-corrected chi connectivity index (χ0v) is 13.8. The van der Waals surface area contributed by atoms with Crippen LogP contribution >= 0.6 is 0 Å². The Bertz CT molecular complexity index is 881. The second kappa shape index (κ2) is 6.24. The number of nitrogens with zero attached hydrogens (tertiary/aromatic N) is 2. The van der Waals surface area contributed by atoms with E-state index in [0.29, 0.717) is 5.56 Å². The number of primary amides is 1. The maximum absolute atomic E-state index is 12.3. The van der Waals surface area contributed by atoms with E-state index in [4.69, 9.17) is 5.73 Å². The van der Waals surface area contributed by atoms with Crippen molar-refractivity contribution < 1.29 is 14.8 Å². The highest BCUT2D eigenvalue weighted by Gasteiger charge is 2.70. The Morgan fingerprint density at radius 2 is 1.73 bits per heavy atom. The van der Waals surface area contributed by atoms with Gasteiger partial charge in [0.2, 0.25) is 5.91 Å². The molecule has 1 fully saturated rings. The van der Waals surface area contributed by atoms with Gasteiger partial charge in [0.05, 0.1) is 12.0 Å². The molecule has 132 valence electrons. The van der Waals surface area contributed by atoms with E-state index in [9.17, 15) is 25.3 Å². The van der Waals surface area contributed by atoms with Gasteiger partial charge in [-0.25, -0.2) is 0 Å². The minimum atomic E-state index is -2.00. The smallest absolute Gasteiger partial charge is 0.254 e. The van der Waals surface area contributed by atoms with Crippen LogP contribution < -0.4 is 5.73 Å². The number of benzene rings is 2. The van der Waals surface area contributed by atoms with E-state index >= 15 is 0 Å². The number of aliphatic hydroxyl groups is 1. The van der Waals surface area contributed by atoms with Gasteiger partial charge in [0.1, 0.15) is 0 Å². The van der Waals surface area contributed by atoms with Gasteiger partial charge in [-0.05, 0) is 11.1 Å². The maximum atomic E-state index is 12.3. The largest absolute Gasteiger partial charge is 0.378 e. The number of nitriles is 1. The van der Waals surface area contributed by atoms with Crippen LogP contribution in [0, 0.1) is 26.9 Å². The fourth-order valence-corrected chi connectivity index (χ4v) is 4.01. The molecular weight excluding hydrogens is 334 g/mol. The van der Waals surface area contributed by atoms with Crippen molar-refractivity contribution in [1.29, 1.82) is 5.26 Å². The van der Waals surface area contributed by atoms with E-state index in [0.717, 1.165) is 0 Å². The molecule has 1 aliphatic rings. The van der Waals surface area contributed by atoms with Crippen LogP contribution in [0.2, 0.25) is 0 Å². The molecule has 0 aromatic heterocycles. The van der Waals surface area contributed by atoms with Crippen LogP contribution in [0.4, 0.5) is 0 Å². The van der Waals surface area contributed by atoms with Crippen LogP contribution in [0.25, 0.3) is 0 Å². The van der Waals surface area contributed by atoms with Gasteiger partial charge >= 0.3 is 0 Å². The highest BCUT2D eigenvalue weighted by atomic mass is 16.6. The molecule has 7 heteroatoms. The molecule has 0 bridgehead atoms. The lowest BCUT2D eigenvalue weighted by Crippen LogP contribution is -2.43. The molecule has 2 aromatic carbocycles. The average Bonchev–Trinajstić information content (AvgIpc) is 2.94. The normalized spacial score (nSPS) is 30.5. The first-order chi connectivity index (χ1) is 12.4. The maximum Gasteiger partial charge on any atom is 0.254 e. The Morgan fingerprint density at radius 1 is 1.19 bits per heavy atom. The van der Waals surface area contributed by atoms with Gasteiger partial charge in [0.15, 0.2) is 11.0 Å². The molecule has 0 unspecified atom stereocenters. The van der Waals surface area contributed by atoms with Gasteiger partial charge in [0.25, 0.3) is 6.04 Å². The second-order valence-electron chi connectivity index (χ2n) is 6.53. The first-order valence-corrected chi connectivity index (χ1v) is 8.04. The predicted octanol–water partition coefficient (Wildman–Crippen LogP) is 1.70. The molecule has 1 aliphatic carbocycles. The standard InChI is InChI=1S/C19H17N3O4/c20-12-18(17(21)23)11-19(24,14-9-5-2-6-10-14)16(22(25)26)15(18)13-7-3-1-4-8-13/h1-10,15-16,24H,11H2,(H2,21,23)/t15-,16-,18-,19-/m1/s1. The summed E-state index contributed by atoms with van der Waals surface area (Å²) in [7, 11) is 0. The summed E-state index contributed by atoms with van der Waals surface area (Å²) in [6.45, 7) is 0. The van der Waals surface area contributed by atoms with Gasteiger partial charge in [-0.2, -0.15) is 5.26 Å². The SMILES string of the molecule is N#C[C@]1(C(N)=O)C[C@@](O)(c2ccccc2)[C@H]([N+](=O)[O-])[C@H]1c1ccccc1. The second-order valence-corrected chi connectivity index (χ2v) is 6.53. The zero-order chi connectivity index (χ0) is 18.9. The van der Waals surface area contributed by atoms with Gasteiger partial charge in [0, 0.05) is 11.3 Å². The van der Waals surface area contributed by atoms with Crippen LogP contribution in [-0.4, -0.2) is 22.0 Å². The number of nitrogens with two attached hydrogens (primary N) is 1. The number of hydrogen-bond acceptors (Lipinski definition) is 5. The molecule has 4 atom stereocenters. The van der Waals surface area contributed by atoms with Crippen molar-refractivity contribution in [3.63, 3.8) is 0 Å². The molecule has 0 heterocycles. The van der Waals surface area contributed by atoms with Crippen molar-refractivity contribution in [2.24, 2.45) is 11.1 Å². The molecule has 3 rings (SSSR count). The third-order valence-electron chi connectivity index (χ3n) is 5.18. The Balaban J connectivity index is 2.30. The van der Waals surface area contributed by atoms with Crippen LogP contribution in [0.3, 0.4) is 0 Å². The quantitative estimate of drug-likeness (QED) is 0.639. The Hall–Kier alpha value is -3.24. The summed E-state index contributed by atoms with van der Waals surface area (Å²) in [5.74, 6) is -2.15. The molecule has 3 N–H and O–H groups in total. The summed E-state index contributed by atoms with van der Waals surface area (Å²) in [4.78, 5) is 23.7.